The Morgan fingerprint density at radius 3 is 2.67 bits per heavy atom. The number of anilines is 3. The summed E-state index contributed by atoms with van der Waals surface area (Å²) in [5.74, 6) is -0.232. The second-order valence-electron chi connectivity index (χ2n) is 6.35. The van der Waals surface area contributed by atoms with Crippen molar-refractivity contribution >= 4 is 29.0 Å². The fourth-order valence-corrected chi connectivity index (χ4v) is 3.31. The Labute approximate surface area is 156 Å². The van der Waals surface area contributed by atoms with Crippen LogP contribution in [0.3, 0.4) is 0 Å². The topological polar surface area (TPSA) is 110 Å². The van der Waals surface area contributed by atoms with Crippen molar-refractivity contribution in [2.75, 3.05) is 24.4 Å². The molecule has 1 aromatic heterocycles. The molecular formula is C18H21N5O4. The summed E-state index contributed by atoms with van der Waals surface area (Å²) in [4.78, 5) is 33.1. The molecule has 1 N–H and O–H groups in total. The number of ether oxygens (including phenoxy) is 1. The molecule has 0 amide bonds. The largest absolute Gasteiger partial charge is 0.465 e. The van der Waals surface area contributed by atoms with Gasteiger partial charge in [0.15, 0.2) is 0 Å². The first-order valence-corrected chi connectivity index (χ1v) is 8.70. The Balaban J connectivity index is 2.03. The molecule has 0 bridgehead atoms. The van der Waals surface area contributed by atoms with Crippen molar-refractivity contribution in [1.29, 1.82) is 0 Å². The predicted octanol–water partition coefficient (Wildman–Crippen LogP) is 3.29. The van der Waals surface area contributed by atoms with E-state index in [1.165, 1.54) is 18.3 Å². The zero-order valence-electron chi connectivity index (χ0n) is 15.2. The third-order valence-electron chi connectivity index (χ3n) is 4.67. The smallest absolute Gasteiger partial charge is 0.353 e. The molecule has 3 rings (SSSR count). The number of hydrogen-bond donors (Lipinski definition) is 1. The maximum absolute atomic E-state index is 12.1. The van der Waals surface area contributed by atoms with Gasteiger partial charge in [0.1, 0.15) is 6.33 Å². The summed E-state index contributed by atoms with van der Waals surface area (Å²) in [6.07, 6.45) is 5.39. The number of nitrogens with zero attached hydrogens (tertiary/aromatic N) is 4. The first-order chi connectivity index (χ1) is 13.0. The van der Waals surface area contributed by atoms with E-state index < -0.39 is 10.9 Å². The Morgan fingerprint density at radius 1 is 1.30 bits per heavy atom. The lowest BCUT2D eigenvalue weighted by atomic mass is 10.1. The average molecular weight is 371 g/mol. The van der Waals surface area contributed by atoms with Gasteiger partial charge in [0, 0.05) is 13.1 Å². The van der Waals surface area contributed by atoms with Gasteiger partial charge in [-0.3, -0.25) is 10.1 Å². The number of carbonyl (C=O) groups is 1. The van der Waals surface area contributed by atoms with E-state index in [2.05, 4.69) is 15.3 Å². The summed E-state index contributed by atoms with van der Waals surface area (Å²) in [6.45, 7) is 0. The number of benzene rings is 1. The van der Waals surface area contributed by atoms with E-state index in [9.17, 15) is 14.9 Å². The van der Waals surface area contributed by atoms with Gasteiger partial charge < -0.3 is 15.0 Å². The Morgan fingerprint density at radius 2 is 2.00 bits per heavy atom. The second kappa shape index (κ2) is 7.98. The van der Waals surface area contributed by atoms with Crippen LogP contribution in [0.4, 0.5) is 23.0 Å². The van der Waals surface area contributed by atoms with Gasteiger partial charge in [0.2, 0.25) is 11.6 Å². The third kappa shape index (κ3) is 3.81. The van der Waals surface area contributed by atoms with Gasteiger partial charge in [-0.25, -0.2) is 14.8 Å². The predicted molar refractivity (Wildman–Crippen MR) is 100 cm³/mol. The zero-order valence-corrected chi connectivity index (χ0v) is 15.2. The van der Waals surface area contributed by atoms with Crippen LogP contribution in [-0.2, 0) is 4.74 Å². The van der Waals surface area contributed by atoms with Crippen molar-refractivity contribution in [3.63, 3.8) is 0 Å². The molecule has 0 aliphatic heterocycles. The standard InChI is InChI=1S/C18H21N5O4/c1-22(14-10-6-5-9-13(14)18(24)27-2)17-15(23(25)26)16(19-11-20-17)21-12-7-3-4-8-12/h5-6,9-12H,3-4,7-8H2,1-2H3,(H,19,20,21). The van der Waals surface area contributed by atoms with Crippen LogP contribution in [0.25, 0.3) is 0 Å². The lowest BCUT2D eigenvalue weighted by Crippen LogP contribution is -2.21. The summed E-state index contributed by atoms with van der Waals surface area (Å²) in [5.41, 5.74) is 0.533. The quantitative estimate of drug-likeness (QED) is 0.468. The van der Waals surface area contributed by atoms with Crippen LogP contribution in [0.1, 0.15) is 36.0 Å². The van der Waals surface area contributed by atoms with Gasteiger partial charge in [0.25, 0.3) is 0 Å². The molecule has 27 heavy (non-hydrogen) atoms. The van der Waals surface area contributed by atoms with E-state index in [0.717, 1.165) is 25.7 Å². The molecule has 1 fully saturated rings. The minimum Gasteiger partial charge on any atom is -0.465 e. The highest BCUT2D eigenvalue weighted by atomic mass is 16.6. The van der Waals surface area contributed by atoms with Crippen LogP contribution in [0.2, 0.25) is 0 Å². The minimum absolute atomic E-state index is 0.104. The van der Waals surface area contributed by atoms with Crippen LogP contribution >= 0.6 is 0 Å². The van der Waals surface area contributed by atoms with Gasteiger partial charge in [-0.1, -0.05) is 25.0 Å². The highest BCUT2D eigenvalue weighted by molar-refractivity contribution is 5.97. The van der Waals surface area contributed by atoms with Gasteiger partial charge >= 0.3 is 11.7 Å². The fourth-order valence-electron chi connectivity index (χ4n) is 3.31. The van der Waals surface area contributed by atoms with Crippen LogP contribution in [0.5, 0.6) is 0 Å². The van der Waals surface area contributed by atoms with Crippen LogP contribution < -0.4 is 10.2 Å². The van der Waals surface area contributed by atoms with E-state index in [1.807, 2.05) is 0 Å². The van der Waals surface area contributed by atoms with Crippen molar-refractivity contribution in [1.82, 2.24) is 9.97 Å². The number of esters is 1. The van der Waals surface area contributed by atoms with E-state index in [0.29, 0.717) is 11.3 Å². The molecule has 0 spiro atoms. The van der Waals surface area contributed by atoms with Gasteiger partial charge in [-0.05, 0) is 25.0 Å². The molecule has 1 aliphatic rings. The van der Waals surface area contributed by atoms with Crippen molar-refractivity contribution < 1.29 is 14.5 Å². The zero-order chi connectivity index (χ0) is 19.4. The number of rotatable bonds is 6. The lowest BCUT2D eigenvalue weighted by molar-refractivity contribution is -0.383. The number of aromatic nitrogens is 2. The molecule has 1 aromatic carbocycles. The molecule has 0 unspecified atom stereocenters. The molecule has 9 heteroatoms. The van der Waals surface area contributed by atoms with Crippen molar-refractivity contribution in [3.05, 3.63) is 46.3 Å². The molecule has 9 nitrogen and oxygen atoms in total. The first-order valence-electron chi connectivity index (χ1n) is 8.70. The minimum atomic E-state index is -0.529. The molecule has 1 heterocycles. The normalized spacial score (nSPS) is 14.0. The number of para-hydroxylation sites is 1. The molecule has 1 aliphatic carbocycles. The number of carbonyl (C=O) groups excluding carboxylic acids is 1. The number of nitrogens with one attached hydrogen (secondary N) is 1. The van der Waals surface area contributed by atoms with Crippen molar-refractivity contribution in [3.8, 4) is 0 Å². The molecule has 0 radical (unpaired) electrons. The van der Waals surface area contributed by atoms with Crippen LogP contribution in [0.15, 0.2) is 30.6 Å². The molecule has 142 valence electrons. The summed E-state index contributed by atoms with van der Waals surface area (Å²) in [7, 11) is 2.91. The van der Waals surface area contributed by atoms with Crippen LogP contribution in [-0.4, -0.2) is 41.1 Å². The number of hydrogen-bond acceptors (Lipinski definition) is 8. The van der Waals surface area contributed by atoms with Gasteiger partial charge in [-0.15, -0.1) is 0 Å². The molecule has 0 saturated heterocycles. The Bertz CT molecular complexity index is 851. The third-order valence-corrected chi connectivity index (χ3v) is 4.67. The average Bonchev–Trinajstić information content (AvgIpc) is 3.19. The van der Waals surface area contributed by atoms with E-state index in [4.69, 9.17) is 4.74 Å². The monoisotopic (exact) mass is 371 g/mol. The maximum Gasteiger partial charge on any atom is 0.353 e. The number of nitro groups is 1. The number of methoxy groups -OCH3 is 1. The summed E-state index contributed by atoms with van der Waals surface area (Å²) in [5, 5.41) is 15.0. The summed E-state index contributed by atoms with van der Waals surface area (Å²) < 4.78 is 4.81. The lowest BCUT2D eigenvalue weighted by Gasteiger charge is -2.21. The highest BCUT2D eigenvalue weighted by Crippen LogP contribution is 2.37. The summed E-state index contributed by atoms with van der Waals surface area (Å²) >= 11 is 0. The summed E-state index contributed by atoms with van der Waals surface area (Å²) in [6, 6.07) is 6.89. The van der Waals surface area contributed by atoms with Gasteiger partial charge in [-0.2, -0.15) is 0 Å². The highest BCUT2D eigenvalue weighted by Gasteiger charge is 2.29. The Hall–Kier alpha value is -3.23. The first kappa shape index (κ1) is 18.6. The molecule has 0 atom stereocenters. The van der Waals surface area contributed by atoms with E-state index in [-0.39, 0.29) is 23.4 Å². The molecule has 1 saturated carbocycles. The van der Waals surface area contributed by atoms with Crippen molar-refractivity contribution in [2.24, 2.45) is 0 Å². The SMILES string of the molecule is COC(=O)c1ccccc1N(C)c1ncnc(NC2CCCC2)c1[N+](=O)[O-]. The maximum atomic E-state index is 12.1. The molecule has 2 aromatic rings. The van der Waals surface area contributed by atoms with E-state index in [1.54, 1.807) is 31.3 Å². The fraction of sp³-hybridized carbons (Fsp3) is 0.389. The van der Waals surface area contributed by atoms with Gasteiger partial charge in [0.05, 0.1) is 23.3 Å². The van der Waals surface area contributed by atoms with E-state index >= 15 is 0 Å². The van der Waals surface area contributed by atoms with Crippen LogP contribution in [0, 0.1) is 10.1 Å². The Kier molecular flexibility index (Phi) is 5.49. The molecular weight excluding hydrogens is 350 g/mol. The second-order valence-corrected chi connectivity index (χ2v) is 6.35. The van der Waals surface area contributed by atoms with Crippen molar-refractivity contribution in [2.45, 2.75) is 31.7 Å².